The van der Waals surface area contributed by atoms with Gasteiger partial charge in [-0.15, -0.1) is 0 Å². The average molecular weight is 368 g/mol. The molecule has 0 spiro atoms. The van der Waals surface area contributed by atoms with E-state index in [4.69, 9.17) is 14.7 Å². The molecule has 0 radical (unpaired) electrons. The van der Waals surface area contributed by atoms with Gasteiger partial charge in [-0.25, -0.2) is 9.59 Å². The first-order valence-corrected chi connectivity index (χ1v) is 8.22. The summed E-state index contributed by atoms with van der Waals surface area (Å²) in [5.74, 6) is 0.788. The molecule has 2 aromatic rings. The standard InChI is InChI=1S/C19H20N4O4/c1-3-21-18(24)22-14-6-4-9-17(12-14)27-19(25)23(11-10-20)15-7-5-8-16(13-15)26-2/h4-9,12-13H,3,11H2,1-2H3,(H2,21,22,24). The molecule has 2 N–H and O–H groups in total. The van der Waals surface area contributed by atoms with Crippen molar-refractivity contribution in [2.75, 3.05) is 30.4 Å². The number of ether oxygens (including phenoxy) is 2. The Hall–Kier alpha value is -3.73. The largest absolute Gasteiger partial charge is 0.497 e. The highest BCUT2D eigenvalue weighted by Crippen LogP contribution is 2.23. The van der Waals surface area contributed by atoms with Gasteiger partial charge in [-0.1, -0.05) is 12.1 Å². The van der Waals surface area contributed by atoms with Crippen molar-refractivity contribution >= 4 is 23.5 Å². The summed E-state index contributed by atoms with van der Waals surface area (Å²) in [7, 11) is 1.51. The van der Waals surface area contributed by atoms with Crippen molar-refractivity contribution in [1.29, 1.82) is 5.26 Å². The fourth-order valence-corrected chi connectivity index (χ4v) is 2.24. The van der Waals surface area contributed by atoms with E-state index in [1.54, 1.807) is 49.4 Å². The Morgan fingerprint density at radius 2 is 1.89 bits per heavy atom. The number of amides is 3. The Bertz CT molecular complexity index is 848. The maximum absolute atomic E-state index is 12.6. The van der Waals surface area contributed by atoms with Crippen LogP contribution in [0.25, 0.3) is 0 Å². The lowest BCUT2D eigenvalue weighted by atomic mass is 10.2. The number of nitriles is 1. The fourth-order valence-electron chi connectivity index (χ4n) is 2.24. The first-order chi connectivity index (χ1) is 13.1. The van der Waals surface area contributed by atoms with Crippen LogP contribution >= 0.6 is 0 Å². The van der Waals surface area contributed by atoms with Gasteiger partial charge in [0.2, 0.25) is 0 Å². The number of nitrogens with zero attached hydrogens (tertiary/aromatic N) is 2. The molecule has 0 aliphatic carbocycles. The van der Waals surface area contributed by atoms with Crippen LogP contribution in [0, 0.1) is 11.3 Å². The van der Waals surface area contributed by atoms with Gasteiger partial charge in [0.15, 0.2) is 0 Å². The van der Waals surface area contributed by atoms with Gasteiger partial charge in [0.05, 0.1) is 18.9 Å². The highest BCUT2D eigenvalue weighted by Gasteiger charge is 2.18. The monoisotopic (exact) mass is 368 g/mol. The summed E-state index contributed by atoms with van der Waals surface area (Å²) in [4.78, 5) is 25.3. The van der Waals surface area contributed by atoms with Gasteiger partial charge in [-0.3, -0.25) is 4.90 Å². The minimum Gasteiger partial charge on any atom is -0.497 e. The lowest BCUT2D eigenvalue weighted by Gasteiger charge is -2.19. The van der Waals surface area contributed by atoms with E-state index in [0.717, 1.165) is 0 Å². The number of benzene rings is 2. The smallest absolute Gasteiger partial charge is 0.420 e. The molecule has 8 heteroatoms. The van der Waals surface area contributed by atoms with Crippen LogP contribution in [0.2, 0.25) is 0 Å². The van der Waals surface area contributed by atoms with Crippen LogP contribution in [0.3, 0.4) is 0 Å². The maximum Gasteiger partial charge on any atom is 0.420 e. The van der Waals surface area contributed by atoms with Crippen LogP contribution < -0.4 is 25.0 Å². The number of carbonyl (C=O) groups is 2. The van der Waals surface area contributed by atoms with Gasteiger partial charge >= 0.3 is 12.1 Å². The van der Waals surface area contributed by atoms with E-state index >= 15 is 0 Å². The third-order valence-electron chi connectivity index (χ3n) is 3.45. The normalized spacial score (nSPS) is 9.67. The summed E-state index contributed by atoms with van der Waals surface area (Å²) in [6.45, 7) is 2.10. The highest BCUT2D eigenvalue weighted by atomic mass is 16.6. The number of hydrogen-bond donors (Lipinski definition) is 2. The molecular weight excluding hydrogens is 348 g/mol. The zero-order chi connectivity index (χ0) is 19.6. The van der Waals surface area contributed by atoms with E-state index in [1.807, 2.05) is 6.07 Å². The first kappa shape index (κ1) is 19.6. The number of hydrogen-bond acceptors (Lipinski definition) is 5. The quantitative estimate of drug-likeness (QED) is 0.761. The van der Waals surface area contributed by atoms with Gasteiger partial charge in [0.1, 0.15) is 18.0 Å². The van der Waals surface area contributed by atoms with Crippen LogP contribution in [0.1, 0.15) is 6.92 Å². The van der Waals surface area contributed by atoms with Crippen molar-refractivity contribution in [3.8, 4) is 17.6 Å². The summed E-state index contributed by atoms with van der Waals surface area (Å²) in [6, 6.07) is 14.7. The fraction of sp³-hybridized carbons (Fsp3) is 0.211. The van der Waals surface area contributed by atoms with Crippen molar-refractivity contribution in [3.05, 3.63) is 48.5 Å². The average Bonchev–Trinajstić information content (AvgIpc) is 2.66. The minimum atomic E-state index is -0.722. The zero-order valence-electron chi connectivity index (χ0n) is 15.1. The van der Waals surface area contributed by atoms with E-state index < -0.39 is 6.09 Å². The van der Waals surface area contributed by atoms with Crippen molar-refractivity contribution in [2.24, 2.45) is 0 Å². The van der Waals surface area contributed by atoms with Gasteiger partial charge in [-0.05, 0) is 31.2 Å². The van der Waals surface area contributed by atoms with E-state index in [9.17, 15) is 9.59 Å². The highest BCUT2D eigenvalue weighted by molar-refractivity contribution is 5.91. The molecule has 0 atom stereocenters. The molecule has 0 aromatic heterocycles. The molecule has 0 saturated carbocycles. The lowest BCUT2D eigenvalue weighted by Crippen LogP contribution is -2.34. The number of urea groups is 1. The van der Waals surface area contributed by atoms with Crippen molar-refractivity contribution in [2.45, 2.75) is 6.92 Å². The number of anilines is 2. The second kappa shape index (κ2) is 9.68. The topological polar surface area (TPSA) is 104 Å². The molecule has 0 aliphatic rings. The molecule has 0 fully saturated rings. The number of rotatable bonds is 6. The molecule has 3 amide bonds. The third kappa shape index (κ3) is 5.64. The Kier molecular flexibility index (Phi) is 7.02. The molecule has 0 unspecified atom stereocenters. The molecule has 140 valence electrons. The minimum absolute atomic E-state index is 0.192. The maximum atomic E-state index is 12.6. The first-order valence-electron chi connectivity index (χ1n) is 8.22. The summed E-state index contributed by atoms with van der Waals surface area (Å²) in [5, 5.41) is 14.3. The van der Waals surface area contributed by atoms with Crippen molar-refractivity contribution < 1.29 is 19.1 Å². The van der Waals surface area contributed by atoms with Gasteiger partial charge in [0, 0.05) is 24.4 Å². The predicted octanol–water partition coefficient (Wildman–Crippen LogP) is 3.37. The predicted molar refractivity (Wildman–Crippen MR) is 101 cm³/mol. The van der Waals surface area contributed by atoms with Crippen LogP contribution in [-0.4, -0.2) is 32.3 Å². The van der Waals surface area contributed by atoms with Crippen LogP contribution in [0.15, 0.2) is 48.5 Å². The van der Waals surface area contributed by atoms with Gasteiger partial charge in [0.25, 0.3) is 0 Å². The SMILES string of the molecule is CCNC(=O)Nc1cccc(OC(=O)N(CC#N)c2cccc(OC)c2)c1. The van der Waals surface area contributed by atoms with Crippen LogP contribution in [0.5, 0.6) is 11.5 Å². The third-order valence-corrected chi connectivity index (χ3v) is 3.45. The molecule has 2 rings (SSSR count). The molecule has 0 heterocycles. The summed E-state index contributed by atoms with van der Waals surface area (Å²) >= 11 is 0. The second-order valence-corrected chi connectivity index (χ2v) is 5.33. The Morgan fingerprint density at radius 3 is 2.59 bits per heavy atom. The molecule has 0 aliphatic heterocycles. The van der Waals surface area contributed by atoms with E-state index in [1.165, 1.54) is 18.1 Å². The molecule has 0 saturated heterocycles. The molecular formula is C19H20N4O4. The molecule has 0 bridgehead atoms. The summed E-state index contributed by atoms with van der Waals surface area (Å²) < 4.78 is 10.5. The Balaban J connectivity index is 2.15. The Labute approximate surface area is 157 Å². The van der Waals surface area contributed by atoms with E-state index in [2.05, 4.69) is 10.6 Å². The van der Waals surface area contributed by atoms with Crippen molar-refractivity contribution in [3.63, 3.8) is 0 Å². The Morgan fingerprint density at radius 1 is 1.15 bits per heavy atom. The molecule has 27 heavy (non-hydrogen) atoms. The molecule has 8 nitrogen and oxygen atoms in total. The van der Waals surface area contributed by atoms with Gasteiger partial charge in [-0.2, -0.15) is 5.26 Å². The van der Waals surface area contributed by atoms with E-state index in [-0.39, 0.29) is 18.3 Å². The number of methoxy groups -OCH3 is 1. The summed E-state index contributed by atoms with van der Waals surface area (Å²) in [5.41, 5.74) is 0.942. The van der Waals surface area contributed by atoms with Gasteiger partial charge < -0.3 is 20.1 Å². The zero-order valence-corrected chi connectivity index (χ0v) is 15.1. The number of nitrogens with one attached hydrogen (secondary N) is 2. The van der Waals surface area contributed by atoms with Crippen LogP contribution in [0.4, 0.5) is 21.0 Å². The number of carbonyl (C=O) groups excluding carboxylic acids is 2. The lowest BCUT2D eigenvalue weighted by molar-refractivity contribution is 0.208. The van der Waals surface area contributed by atoms with Crippen molar-refractivity contribution in [1.82, 2.24) is 5.32 Å². The van der Waals surface area contributed by atoms with E-state index in [0.29, 0.717) is 23.7 Å². The second-order valence-electron chi connectivity index (χ2n) is 5.33. The van der Waals surface area contributed by atoms with Crippen LogP contribution in [-0.2, 0) is 0 Å². The summed E-state index contributed by atoms with van der Waals surface area (Å²) in [6.07, 6.45) is -0.722. The molecule has 2 aromatic carbocycles.